The number of halogens is 1. The number of urea groups is 1. The van der Waals surface area contributed by atoms with E-state index in [0.717, 1.165) is 37.7 Å². The van der Waals surface area contributed by atoms with Crippen LogP contribution in [0.2, 0.25) is 5.02 Å². The number of hydrogen-bond donors (Lipinski definition) is 2. The Morgan fingerprint density at radius 3 is 2.81 bits per heavy atom. The summed E-state index contributed by atoms with van der Waals surface area (Å²) in [7, 11) is 0. The van der Waals surface area contributed by atoms with Crippen molar-refractivity contribution in [3.63, 3.8) is 0 Å². The molecule has 0 radical (unpaired) electrons. The highest BCUT2D eigenvalue weighted by atomic mass is 35.5. The first-order chi connectivity index (χ1) is 10.2. The summed E-state index contributed by atoms with van der Waals surface area (Å²) < 4.78 is 0. The van der Waals surface area contributed by atoms with Gasteiger partial charge in [0.2, 0.25) is 6.41 Å². The Balaban J connectivity index is 2.63. The lowest BCUT2D eigenvalue weighted by atomic mass is 10.00. The molecule has 5 heteroatoms. The summed E-state index contributed by atoms with van der Waals surface area (Å²) in [4.78, 5) is 21.9. The number of amides is 3. The molecule has 1 rings (SSSR count). The van der Waals surface area contributed by atoms with Crippen LogP contribution in [0.1, 0.15) is 43.7 Å². The number of rotatable bonds is 9. The molecular weight excluding hydrogens is 288 g/mol. The van der Waals surface area contributed by atoms with Crippen molar-refractivity contribution in [3.8, 4) is 0 Å². The number of nitrogens with one attached hydrogen (secondary N) is 2. The summed E-state index contributed by atoms with van der Waals surface area (Å²) in [6, 6.07) is 6.73. The van der Waals surface area contributed by atoms with Crippen LogP contribution >= 0.6 is 11.6 Å². The number of carbonyl (C=O) groups excluding carboxylic acids is 2. The van der Waals surface area contributed by atoms with Crippen molar-refractivity contribution in [1.82, 2.24) is 10.6 Å². The van der Waals surface area contributed by atoms with Crippen molar-refractivity contribution in [2.45, 2.75) is 38.1 Å². The van der Waals surface area contributed by atoms with Gasteiger partial charge in [-0.15, -0.1) is 6.58 Å². The van der Waals surface area contributed by atoms with Crippen LogP contribution in [0.15, 0.2) is 36.9 Å². The average Bonchev–Trinajstić information content (AvgIpc) is 2.46. The minimum atomic E-state index is -0.499. The van der Waals surface area contributed by atoms with Crippen LogP contribution < -0.4 is 10.6 Å². The number of imide groups is 1. The molecule has 21 heavy (non-hydrogen) atoms. The van der Waals surface area contributed by atoms with Gasteiger partial charge in [-0.3, -0.25) is 10.1 Å². The van der Waals surface area contributed by atoms with Crippen LogP contribution in [-0.4, -0.2) is 12.4 Å². The zero-order valence-corrected chi connectivity index (χ0v) is 12.7. The van der Waals surface area contributed by atoms with Gasteiger partial charge in [-0.1, -0.05) is 42.7 Å². The number of allylic oxidation sites excluding steroid dienone is 1. The number of hydrogen-bond acceptors (Lipinski definition) is 2. The second kappa shape index (κ2) is 10.00. The molecule has 0 bridgehead atoms. The highest BCUT2D eigenvalue weighted by molar-refractivity contribution is 6.30. The fourth-order valence-corrected chi connectivity index (χ4v) is 2.31. The van der Waals surface area contributed by atoms with E-state index < -0.39 is 6.03 Å². The molecular formula is C16H21ClN2O2. The zero-order chi connectivity index (χ0) is 15.5. The predicted octanol–water partition coefficient (Wildman–Crippen LogP) is 3.97. The second-order valence-corrected chi connectivity index (χ2v) is 5.21. The van der Waals surface area contributed by atoms with Crippen molar-refractivity contribution in [3.05, 3.63) is 47.5 Å². The molecule has 0 aliphatic rings. The Hall–Kier alpha value is -1.81. The third-order valence-electron chi connectivity index (χ3n) is 3.15. The van der Waals surface area contributed by atoms with E-state index in [1.54, 1.807) is 6.07 Å². The summed E-state index contributed by atoms with van der Waals surface area (Å²) in [5.74, 6) is 0. The van der Waals surface area contributed by atoms with Gasteiger partial charge in [0.1, 0.15) is 0 Å². The zero-order valence-electron chi connectivity index (χ0n) is 12.0. The van der Waals surface area contributed by atoms with Gasteiger partial charge in [-0.2, -0.15) is 0 Å². The summed E-state index contributed by atoms with van der Waals surface area (Å²) in [6.07, 6.45) is 7.21. The van der Waals surface area contributed by atoms with Crippen molar-refractivity contribution >= 4 is 24.0 Å². The molecule has 1 aromatic rings. The monoisotopic (exact) mass is 308 g/mol. The largest absolute Gasteiger partial charge is 0.331 e. The smallest absolute Gasteiger partial charge is 0.321 e. The maximum Gasteiger partial charge on any atom is 0.321 e. The van der Waals surface area contributed by atoms with Crippen molar-refractivity contribution in [2.24, 2.45) is 0 Å². The van der Waals surface area contributed by atoms with E-state index in [1.807, 2.05) is 24.3 Å². The summed E-state index contributed by atoms with van der Waals surface area (Å²) in [6.45, 7) is 3.70. The molecule has 4 nitrogen and oxygen atoms in total. The molecule has 0 saturated heterocycles. The van der Waals surface area contributed by atoms with Gasteiger partial charge in [-0.25, -0.2) is 4.79 Å². The van der Waals surface area contributed by atoms with Crippen molar-refractivity contribution in [2.75, 3.05) is 0 Å². The molecule has 1 atom stereocenters. The van der Waals surface area contributed by atoms with Crippen LogP contribution in [0, 0.1) is 0 Å². The molecule has 0 spiro atoms. The lowest BCUT2D eigenvalue weighted by Crippen LogP contribution is -2.37. The van der Waals surface area contributed by atoms with Gasteiger partial charge in [0.15, 0.2) is 0 Å². The maximum atomic E-state index is 11.5. The molecule has 0 fully saturated rings. The van der Waals surface area contributed by atoms with Crippen LogP contribution in [0.5, 0.6) is 0 Å². The Morgan fingerprint density at radius 2 is 2.14 bits per heavy atom. The highest BCUT2D eigenvalue weighted by Gasteiger charge is 2.14. The van der Waals surface area contributed by atoms with E-state index in [-0.39, 0.29) is 6.04 Å². The van der Waals surface area contributed by atoms with E-state index in [0.29, 0.717) is 11.4 Å². The Morgan fingerprint density at radius 1 is 1.33 bits per heavy atom. The van der Waals surface area contributed by atoms with E-state index in [1.165, 1.54) is 0 Å². The van der Waals surface area contributed by atoms with E-state index in [9.17, 15) is 9.59 Å². The fraction of sp³-hybridized carbons (Fsp3) is 0.375. The Bertz CT molecular complexity index is 477. The molecule has 3 amide bonds. The van der Waals surface area contributed by atoms with Gasteiger partial charge < -0.3 is 5.32 Å². The van der Waals surface area contributed by atoms with Crippen LogP contribution in [-0.2, 0) is 4.79 Å². The maximum absolute atomic E-state index is 11.5. The number of carbonyl (C=O) groups is 2. The average molecular weight is 309 g/mol. The molecule has 1 unspecified atom stereocenters. The topological polar surface area (TPSA) is 58.2 Å². The van der Waals surface area contributed by atoms with Crippen molar-refractivity contribution < 1.29 is 9.59 Å². The predicted molar refractivity (Wildman–Crippen MR) is 85.2 cm³/mol. The van der Waals surface area contributed by atoms with Gasteiger partial charge >= 0.3 is 6.03 Å². The van der Waals surface area contributed by atoms with E-state index in [4.69, 9.17) is 11.6 Å². The van der Waals surface area contributed by atoms with E-state index >= 15 is 0 Å². The highest BCUT2D eigenvalue weighted by Crippen LogP contribution is 2.23. The van der Waals surface area contributed by atoms with Crippen LogP contribution in [0.25, 0.3) is 0 Å². The first kappa shape index (κ1) is 17.2. The minimum Gasteiger partial charge on any atom is -0.331 e. The SMILES string of the molecule is C=CCCCCCC(NC(=O)NC=O)c1cccc(Cl)c1. The standard InChI is InChI=1S/C16H21ClN2O2/c1-2-3-4-5-6-10-15(19-16(21)18-12-20)13-8-7-9-14(17)11-13/h2,7-9,11-12,15H,1,3-6,10H2,(H2,18,19,20,21). The third kappa shape index (κ3) is 6.95. The van der Waals surface area contributed by atoms with Crippen LogP contribution in [0.3, 0.4) is 0 Å². The molecule has 0 saturated carbocycles. The first-order valence-electron chi connectivity index (χ1n) is 7.04. The number of unbranched alkanes of at least 4 members (excludes halogenated alkanes) is 3. The normalized spacial score (nSPS) is 11.5. The lowest BCUT2D eigenvalue weighted by Gasteiger charge is -2.19. The number of benzene rings is 1. The van der Waals surface area contributed by atoms with E-state index in [2.05, 4.69) is 17.2 Å². The summed E-state index contributed by atoms with van der Waals surface area (Å²) in [5.41, 5.74) is 0.937. The van der Waals surface area contributed by atoms with Gasteiger partial charge in [0, 0.05) is 5.02 Å². The molecule has 0 aliphatic carbocycles. The first-order valence-corrected chi connectivity index (χ1v) is 7.42. The lowest BCUT2D eigenvalue weighted by molar-refractivity contribution is -0.108. The molecule has 1 aromatic carbocycles. The van der Waals surface area contributed by atoms with Gasteiger partial charge in [0.25, 0.3) is 0 Å². The molecule has 0 aliphatic heterocycles. The minimum absolute atomic E-state index is 0.160. The van der Waals surface area contributed by atoms with Crippen LogP contribution in [0.4, 0.5) is 4.79 Å². The molecule has 0 aromatic heterocycles. The third-order valence-corrected chi connectivity index (χ3v) is 3.38. The fourth-order valence-electron chi connectivity index (χ4n) is 2.11. The van der Waals surface area contributed by atoms with Crippen molar-refractivity contribution in [1.29, 1.82) is 0 Å². The van der Waals surface area contributed by atoms with Gasteiger partial charge in [-0.05, 0) is 37.0 Å². The second-order valence-electron chi connectivity index (χ2n) is 4.77. The Labute approximate surface area is 130 Å². The summed E-state index contributed by atoms with van der Waals surface area (Å²) >= 11 is 5.99. The van der Waals surface area contributed by atoms with Gasteiger partial charge in [0.05, 0.1) is 6.04 Å². The molecule has 114 valence electrons. The molecule has 2 N–H and O–H groups in total. The quantitative estimate of drug-likeness (QED) is 0.412. The Kier molecular flexibility index (Phi) is 8.21. The summed E-state index contributed by atoms with van der Waals surface area (Å²) in [5, 5.41) is 5.51. The molecule has 0 heterocycles.